The highest BCUT2D eigenvalue weighted by atomic mass is 16.6. The molecular formula is C26H35NO4. The van der Waals surface area contributed by atoms with Crippen LogP contribution >= 0.6 is 0 Å². The van der Waals surface area contributed by atoms with Crippen molar-refractivity contribution in [2.24, 2.45) is 11.3 Å². The fraction of sp³-hybridized carbons (Fsp3) is 0.692. The first-order valence-corrected chi connectivity index (χ1v) is 11.8. The molecule has 4 aliphatic carbocycles. The van der Waals surface area contributed by atoms with Crippen LogP contribution in [0.5, 0.6) is 11.5 Å². The number of piperidine rings is 1. The molecule has 0 radical (unpaired) electrons. The second-order valence-corrected chi connectivity index (χ2v) is 11.1. The minimum atomic E-state index is -0.842. The van der Waals surface area contributed by atoms with Crippen molar-refractivity contribution in [1.29, 1.82) is 0 Å². The van der Waals surface area contributed by atoms with Crippen molar-refractivity contribution < 1.29 is 19.3 Å². The predicted octanol–water partition coefficient (Wildman–Crippen LogP) is 3.47. The lowest BCUT2D eigenvalue weighted by Crippen LogP contribution is -2.82. The molecular weight excluding hydrogens is 390 g/mol. The molecule has 5 nitrogen and oxygen atoms in total. The molecule has 5 heteroatoms. The molecule has 168 valence electrons. The van der Waals surface area contributed by atoms with Crippen LogP contribution in [0.3, 0.4) is 0 Å². The maximum absolute atomic E-state index is 11.4. The van der Waals surface area contributed by atoms with Gasteiger partial charge < -0.3 is 19.3 Å². The third kappa shape index (κ3) is 2.05. The highest BCUT2D eigenvalue weighted by Gasteiger charge is 2.81. The van der Waals surface area contributed by atoms with E-state index >= 15 is 0 Å². The van der Waals surface area contributed by atoms with Crippen molar-refractivity contribution in [1.82, 2.24) is 4.90 Å². The Kier molecular flexibility index (Phi) is 3.93. The molecule has 0 aromatic heterocycles. The smallest absolute Gasteiger partial charge is 0.165 e. The van der Waals surface area contributed by atoms with E-state index in [0.29, 0.717) is 6.04 Å². The Bertz CT molecular complexity index is 953. The molecule has 4 bridgehead atoms. The molecule has 3 saturated carbocycles. The molecule has 1 aromatic rings. The molecule has 6 aliphatic rings. The van der Waals surface area contributed by atoms with Gasteiger partial charge in [0.15, 0.2) is 11.5 Å². The summed E-state index contributed by atoms with van der Waals surface area (Å²) in [7, 11) is 3.56. The van der Waals surface area contributed by atoms with E-state index in [0.717, 1.165) is 56.7 Å². The van der Waals surface area contributed by atoms with E-state index in [2.05, 4.69) is 23.6 Å². The number of ether oxygens (including phenoxy) is 3. The summed E-state index contributed by atoms with van der Waals surface area (Å²) in [6, 6.07) is 4.76. The summed E-state index contributed by atoms with van der Waals surface area (Å²) in [4.78, 5) is 2.65. The zero-order valence-corrected chi connectivity index (χ0v) is 19.2. The lowest BCUT2D eigenvalue weighted by atomic mass is 9.34. The summed E-state index contributed by atoms with van der Waals surface area (Å²) in [5.41, 5.74) is 1.44. The van der Waals surface area contributed by atoms with Crippen molar-refractivity contribution in [2.75, 3.05) is 27.3 Å². The van der Waals surface area contributed by atoms with Gasteiger partial charge in [-0.25, -0.2) is 0 Å². The summed E-state index contributed by atoms with van der Waals surface area (Å²) >= 11 is 0. The van der Waals surface area contributed by atoms with Crippen molar-refractivity contribution in [3.05, 3.63) is 35.9 Å². The molecule has 6 atom stereocenters. The number of aliphatic hydroxyl groups is 1. The first-order valence-electron chi connectivity index (χ1n) is 11.8. The van der Waals surface area contributed by atoms with E-state index in [1.165, 1.54) is 11.1 Å². The maximum atomic E-state index is 11.4. The molecule has 2 aliphatic heterocycles. The molecule has 1 saturated heterocycles. The first-order chi connectivity index (χ1) is 14.8. The highest BCUT2D eigenvalue weighted by molar-refractivity contribution is 5.63. The van der Waals surface area contributed by atoms with E-state index in [1.807, 2.05) is 27.0 Å². The highest BCUT2D eigenvalue weighted by Crippen LogP contribution is 2.77. The van der Waals surface area contributed by atoms with Crippen LogP contribution in [0.2, 0.25) is 0 Å². The third-order valence-electron chi connectivity index (χ3n) is 9.89. The number of rotatable bonds is 5. The van der Waals surface area contributed by atoms with Gasteiger partial charge in [-0.15, -0.1) is 6.58 Å². The number of hydrogen-bond donors (Lipinski definition) is 1. The fourth-order valence-electron chi connectivity index (χ4n) is 8.91. The minimum Gasteiger partial charge on any atom is -0.493 e. The Morgan fingerprint density at radius 2 is 2.10 bits per heavy atom. The summed E-state index contributed by atoms with van der Waals surface area (Å²) in [5, 5.41) is 11.4. The van der Waals surface area contributed by atoms with E-state index in [4.69, 9.17) is 14.2 Å². The predicted molar refractivity (Wildman–Crippen MR) is 119 cm³/mol. The second-order valence-electron chi connectivity index (χ2n) is 11.1. The number of fused-ring (bicyclic) bond motifs is 2. The lowest BCUT2D eigenvalue weighted by molar-refractivity contribution is -0.299. The molecule has 2 heterocycles. The molecule has 2 spiro atoms. The van der Waals surface area contributed by atoms with Crippen molar-refractivity contribution >= 4 is 0 Å². The number of hydrogen-bond acceptors (Lipinski definition) is 5. The van der Waals surface area contributed by atoms with Gasteiger partial charge in [0.2, 0.25) is 0 Å². The number of methoxy groups -OCH3 is 2. The summed E-state index contributed by atoms with van der Waals surface area (Å²) in [6.45, 7) is 9.91. The average Bonchev–Trinajstić information content (AvgIpc) is 3.11. The zero-order valence-electron chi connectivity index (χ0n) is 19.2. The topological polar surface area (TPSA) is 51.2 Å². The SMILES string of the molecule is C=CCN1CC[C@]23c4c5ccc(OC)c4O[C@H]2[C@@]2(OC)CC[C@@]3(C[C@@H]2C(C)(C)O)[C@H]1C5. The standard InChI is InChI=1S/C26H35NO4/c1-6-12-27-13-11-25-20-16-7-8-17(29-4)21(20)31-22(25)26(30-5)10-9-24(25,19(27)14-16)15-18(26)23(2,3)28/h6-8,18-19,22,28H,1,9-15H2,2-5H3/t18-,19-,22-,24-,25+,26-/m1/s1. The minimum absolute atomic E-state index is 0.0184. The van der Waals surface area contributed by atoms with E-state index in [-0.39, 0.29) is 22.9 Å². The van der Waals surface area contributed by atoms with Gasteiger partial charge in [0.25, 0.3) is 0 Å². The Morgan fingerprint density at radius 1 is 1.29 bits per heavy atom. The van der Waals surface area contributed by atoms with Gasteiger partial charge in [-0.1, -0.05) is 12.1 Å². The van der Waals surface area contributed by atoms with E-state index in [1.54, 1.807) is 7.11 Å². The molecule has 7 rings (SSSR count). The third-order valence-corrected chi connectivity index (χ3v) is 9.89. The summed E-state index contributed by atoms with van der Waals surface area (Å²) < 4.78 is 19.2. The van der Waals surface area contributed by atoms with Gasteiger partial charge in [0, 0.05) is 42.0 Å². The number of nitrogens with zero attached hydrogens (tertiary/aromatic N) is 1. The Balaban J connectivity index is 1.65. The van der Waals surface area contributed by atoms with Crippen molar-refractivity contribution in [3.8, 4) is 11.5 Å². The maximum Gasteiger partial charge on any atom is 0.165 e. The Morgan fingerprint density at radius 3 is 2.77 bits per heavy atom. The van der Waals surface area contributed by atoms with Gasteiger partial charge in [0.05, 0.1) is 12.7 Å². The van der Waals surface area contributed by atoms with Crippen LogP contribution in [0.25, 0.3) is 0 Å². The van der Waals surface area contributed by atoms with Gasteiger partial charge in [-0.2, -0.15) is 0 Å². The van der Waals surface area contributed by atoms with Gasteiger partial charge in [0.1, 0.15) is 11.7 Å². The quantitative estimate of drug-likeness (QED) is 0.732. The Hall–Kier alpha value is -1.56. The summed E-state index contributed by atoms with van der Waals surface area (Å²) in [5.74, 6) is 1.78. The Labute approximate surface area is 185 Å². The molecule has 4 fully saturated rings. The van der Waals surface area contributed by atoms with Crippen molar-refractivity contribution in [3.63, 3.8) is 0 Å². The second kappa shape index (κ2) is 6.06. The number of likely N-dealkylation sites (tertiary alicyclic amines) is 1. The number of benzene rings is 1. The normalized spacial score (nSPS) is 42.2. The average molecular weight is 426 g/mol. The largest absolute Gasteiger partial charge is 0.493 e. The first kappa shape index (κ1) is 20.1. The van der Waals surface area contributed by atoms with Crippen LogP contribution in [0.4, 0.5) is 0 Å². The molecule has 31 heavy (non-hydrogen) atoms. The van der Waals surface area contributed by atoms with Crippen molar-refractivity contribution in [2.45, 2.75) is 74.7 Å². The lowest BCUT2D eigenvalue weighted by Gasteiger charge is -2.74. The van der Waals surface area contributed by atoms with E-state index in [9.17, 15) is 5.11 Å². The van der Waals surface area contributed by atoms with Gasteiger partial charge in [-0.3, -0.25) is 4.90 Å². The monoisotopic (exact) mass is 425 g/mol. The van der Waals surface area contributed by atoms with Crippen LogP contribution in [0, 0.1) is 11.3 Å². The molecule has 0 amide bonds. The van der Waals surface area contributed by atoms with Gasteiger partial charge in [-0.05, 0) is 64.1 Å². The summed E-state index contributed by atoms with van der Waals surface area (Å²) in [6.07, 6.45) is 7.04. The van der Waals surface area contributed by atoms with Crippen LogP contribution in [-0.4, -0.2) is 60.7 Å². The van der Waals surface area contributed by atoms with Gasteiger partial charge >= 0.3 is 0 Å². The zero-order chi connectivity index (χ0) is 21.8. The molecule has 0 unspecified atom stereocenters. The van der Waals surface area contributed by atoms with Crippen LogP contribution in [-0.2, 0) is 16.6 Å². The van der Waals surface area contributed by atoms with Crippen LogP contribution < -0.4 is 9.47 Å². The molecule has 1 aromatic carbocycles. The molecule has 1 N–H and O–H groups in total. The van der Waals surface area contributed by atoms with E-state index < -0.39 is 11.2 Å². The van der Waals surface area contributed by atoms with Crippen LogP contribution in [0.15, 0.2) is 24.8 Å². The fourth-order valence-corrected chi connectivity index (χ4v) is 8.91. The van der Waals surface area contributed by atoms with Crippen LogP contribution in [0.1, 0.15) is 50.7 Å².